The highest BCUT2D eigenvalue weighted by Gasteiger charge is 2.32. The Morgan fingerprint density at radius 1 is 1.29 bits per heavy atom. The Bertz CT molecular complexity index is 427. The summed E-state index contributed by atoms with van der Waals surface area (Å²) >= 11 is 0. The van der Waals surface area contributed by atoms with Crippen molar-refractivity contribution in [3.8, 4) is 0 Å². The van der Waals surface area contributed by atoms with Gasteiger partial charge in [-0.15, -0.1) is 0 Å². The Kier molecular flexibility index (Phi) is 3.75. The molecule has 0 radical (unpaired) electrons. The summed E-state index contributed by atoms with van der Waals surface area (Å²) in [6.45, 7) is 3.68. The van der Waals surface area contributed by atoms with Crippen molar-refractivity contribution in [1.82, 2.24) is 0 Å². The van der Waals surface area contributed by atoms with Gasteiger partial charge in [-0.25, -0.2) is 0 Å². The van der Waals surface area contributed by atoms with Crippen molar-refractivity contribution >= 4 is 5.69 Å². The molecule has 94 valence electrons. The second-order valence-electron chi connectivity index (χ2n) is 4.24. The monoisotopic (exact) mass is 247 g/mol. The number of alkyl halides is 3. The fourth-order valence-electron chi connectivity index (χ4n) is 1.53. The molecule has 17 heavy (non-hydrogen) atoms. The van der Waals surface area contributed by atoms with Crippen LogP contribution >= 0.6 is 0 Å². The molecule has 0 aromatic heterocycles. The van der Waals surface area contributed by atoms with Crippen molar-refractivity contribution in [3.63, 3.8) is 0 Å². The van der Waals surface area contributed by atoms with Crippen molar-refractivity contribution < 1.29 is 18.1 Å². The number of hydrogen-bond donors (Lipinski definition) is 0. The predicted molar refractivity (Wildman–Crippen MR) is 56.6 cm³/mol. The zero-order chi connectivity index (χ0) is 13.2. The molecule has 0 aliphatic heterocycles. The number of nitrogens with zero attached hydrogens (tertiary/aromatic N) is 1. The summed E-state index contributed by atoms with van der Waals surface area (Å²) in [7, 11) is 0. The van der Waals surface area contributed by atoms with Gasteiger partial charge in [-0.2, -0.15) is 13.2 Å². The minimum atomic E-state index is -4.56. The van der Waals surface area contributed by atoms with Crippen LogP contribution in [0.25, 0.3) is 0 Å². The maximum Gasteiger partial charge on any atom is 0.416 e. The third-order valence-corrected chi connectivity index (χ3v) is 2.16. The average Bonchev–Trinajstić information content (AvgIpc) is 2.14. The number of non-ortho nitro benzene ring substituents is 1. The van der Waals surface area contributed by atoms with E-state index >= 15 is 0 Å². The van der Waals surface area contributed by atoms with Crippen molar-refractivity contribution in [1.29, 1.82) is 0 Å². The molecule has 0 unspecified atom stereocenters. The molecule has 0 spiro atoms. The van der Waals surface area contributed by atoms with Crippen LogP contribution in [-0.2, 0) is 12.6 Å². The number of hydrogen-bond acceptors (Lipinski definition) is 2. The summed E-state index contributed by atoms with van der Waals surface area (Å²) in [6, 6.07) is 2.71. The summed E-state index contributed by atoms with van der Waals surface area (Å²) in [6.07, 6.45) is -4.18. The first-order valence-electron chi connectivity index (χ1n) is 5.05. The molecule has 0 amide bonds. The molecule has 0 bridgehead atoms. The third-order valence-electron chi connectivity index (χ3n) is 2.16. The molecule has 0 fully saturated rings. The summed E-state index contributed by atoms with van der Waals surface area (Å²) in [5, 5.41) is 10.6. The highest BCUT2D eigenvalue weighted by Crippen LogP contribution is 2.33. The van der Waals surface area contributed by atoms with Crippen LogP contribution in [0.2, 0.25) is 0 Å². The van der Waals surface area contributed by atoms with Crippen LogP contribution in [0, 0.1) is 16.0 Å². The first kappa shape index (κ1) is 13.5. The van der Waals surface area contributed by atoms with Crippen LogP contribution in [0.1, 0.15) is 25.0 Å². The van der Waals surface area contributed by atoms with Gasteiger partial charge in [-0.1, -0.05) is 13.8 Å². The highest BCUT2D eigenvalue weighted by atomic mass is 19.4. The Balaban J connectivity index is 3.24. The lowest BCUT2D eigenvalue weighted by Gasteiger charge is -2.10. The Labute approximate surface area is 96.4 Å². The van der Waals surface area contributed by atoms with Crippen molar-refractivity contribution in [2.24, 2.45) is 5.92 Å². The second-order valence-corrected chi connectivity index (χ2v) is 4.24. The number of halogens is 3. The van der Waals surface area contributed by atoms with Crippen LogP contribution in [0.5, 0.6) is 0 Å². The van der Waals surface area contributed by atoms with Gasteiger partial charge >= 0.3 is 6.18 Å². The van der Waals surface area contributed by atoms with Crippen molar-refractivity contribution in [3.05, 3.63) is 39.4 Å². The molecular weight excluding hydrogens is 235 g/mol. The first-order chi connectivity index (χ1) is 7.70. The molecule has 0 N–H and O–H groups in total. The van der Waals surface area contributed by atoms with E-state index in [2.05, 4.69) is 0 Å². The second kappa shape index (κ2) is 4.73. The summed E-state index contributed by atoms with van der Waals surface area (Å²) < 4.78 is 37.6. The minimum absolute atomic E-state index is 0.137. The van der Waals surface area contributed by atoms with E-state index in [-0.39, 0.29) is 5.92 Å². The van der Waals surface area contributed by atoms with E-state index in [1.807, 2.05) is 13.8 Å². The van der Waals surface area contributed by atoms with E-state index in [0.29, 0.717) is 18.1 Å². The zero-order valence-corrected chi connectivity index (χ0v) is 9.41. The smallest absolute Gasteiger partial charge is 0.258 e. The molecule has 0 heterocycles. The predicted octanol–water partition coefficient (Wildman–Crippen LogP) is 3.81. The SMILES string of the molecule is CC(C)Cc1cc([N+](=O)[O-])cc(C(F)(F)F)c1. The maximum atomic E-state index is 12.5. The van der Waals surface area contributed by atoms with Crippen LogP contribution < -0.4 is 0 Å². The van der Waals surface area contributed by atoms with Gasteiger partial charge in [-0.3, -0.25) is 10.1 Å². The summed E-state index contributed by atoms with van der Waals surface area (Å²) in [5.74, 6) is 0.137. The highest BCUT2D eigenvalue weighted by molar-refractivity contribution is 5.40. The molecular formula is C11H12F3NO2. The average molecular weight is 247 g/mol. The van der Waals surface area contributed by atoms with Gasteiger partial charge in [0.2, 0.25) is 0 Å². The van der Waals surface area contributed by atoms with E-state index in [0.717, 1.165) is 6.07 Å². The van der Waals surface area contributed by atoms with Gasteiger partial charge in [0.25, 0.3) is 5.69 Å². The van der Waals surface area contributed by atoms with Crippen LogP contribution in [0.15, 0.2) is 18.2 Å². The van der Waals surface area contributed by atoms with Gasteiger partial charge in [0, 0.05) is 12.1 Å². The van der Waals surface area contributed by atoms with E-state index in [9.17, 15) is 23.3 Å². The summed E-state index contributed by atoms with van der Waals surface area (Å²) in [4.78, 5) is 9.75. The molecule has 1 rings (SSSR count). The number of rotatable bonds is 3. The van der Waals surface area contributed by atoms with Gasteiger partial charge in [-0.05, 0) is 24.0 Å². The van der Waals surface area contributed by atoms with E-state index in [1.165, 1.54) is 6.07 Å². The van der Waals surface area contributed by atoms with E-state index in [4.69, 9.17) is 0 Å². The van der Waals surface area contributed by atoms with E-state index in [1.54, 1.807) is 0 Å². The Morgan fingerprint density at radius 2 is 1.88 bits per heavy atom. The summed E-state index contributed by atoms with van der Waals surface area (Å²) in [5.41, 5.74) is -1.15. The molecule has 0 saturated heterocycles. The molecule has 0 aliphatic rings. The minimum Gasteiger partial charge on any atom is -0.258 e. The molecule has 3 nitrogen and oxygen atoms in total. The molecule has 0 saturated carbocycles. The van der Waals surface area contributed by atoms with E-state index < -0.39 is 22.4 Å². The Morgan fingerprint density at radius 3 is 2.29 bits per heavy atom. The molecule has 1 aromatic rings. The molecule has 6 heteroatoms. The first-order valence-corrected chi connectivity index (χ1v) is 5.05. The van der Waals surface area contributed by atoms with Crippen LogP contribution in [0.3, 0.4) is 0 Å². The maximum absolute atomic E-state index is 12.5. The normalized spacial score (nSPS) is 11.9. The number of nitro benzene ring substituents is 1. The lowest BCUT2D eigenvalue weighted by Crippen LogP contribution is -2.07. The van der Waals surface area contributed by atoms with Gasteiger partial charge in [0.05, 0.1) is 10.5 Å². The zero-order valence-electron chi connectivity index (χ0n) is 9.41. The lowest BCUT2D eigenvalue weighted by molar-refractivity contribution is -0.385. The molecule has 1 aromatic carbocycles. The van der Waals surface area contributed by atoms with Crippen LogP contribution in [0.4, 0.5) is 18.9 Å². The standard InChI is InChI=1S/C11H12F3NO2/c1-7(2)3-8-4-9(11(12,13)14)6-10(5-8)15(16)17/h4-7H,3H2,1-2H3. The quantitative estimate of drug-likeness (QED) is 0.602. The van der Waals surface area contributed by atoms with Gasteiger partial charge in [0.15, 0.2) is 0 Å². The largest absolute Gasteiger partial charge is 0.416 e. The van der Waals surface area contributed by atoms with Crippen molar-refractivity contribution in [2.75, 3.05) is 0 Å². The molecule has 0 aliphatic carbocycles. The topological polar surface area (TPSA) is 43.1 Å². The fraction of sp³-hybridized carbons (Fsp3) is 0.455. The van der Waals surface area contributed by atoms with Gasteiger partial charge in [0.1, 0.15) is 0 Å². The number of nitro groups is 1. The number of benzene rings is 1. The Hall–Kier alpha value is -1.59. The lowest BCUT2D eigenvalue weighted by atomic mass is 10.00. The fourth-order valence-corrected chi connectivity index (χ4v) is 1.53. The van der Waals surface area contributed by atoms with Crippen LogP contribution in [-0.4, -0.2) is 4.92 Å². The van der Waals surface area contributed by atoms with Gasteiger partial charge < -0.3 is 0 Å². The third kappa shape index (κ3) is 3.72. The van der Waals surface area contributed by atoms with Crippen molar-refractivity contribution in [2.45, 2.75) is 26.4 Å². The molecule has 0 atom stereocenters.